The highest BCUT2D eigenvalue weighted by Crippen LogP contribution is 2.32. The lowest BCUT2D eigenvalue weighted by atomic mass is 10.0. The zero-order chi connectivity index (χ0) is 21.8. The van der Waals surface area contributed by atoms with Gasteiger partial charge in [-0.15, -0.1) is 10.2 Å². The molecule has 0 aliphatic carbocycles. The second-order valence-electron chi connectivity index (χ2n) is 7.32. The first kappa shape index (κ1) is 18.6. The number of hydrogen-bond donors (Lipinski definition) is 1. The third-order valence-electron chi connectivity index (χ3n) is 5.51. The van der Waals surface area contributed by atoms with Crippen molar-refractivity contribution in [2.45, 2.75) is 13.0 Å². The van der Waals surface area contributed by atoms with E-state index in [1.54, 1.807) is 10.5 Å². The van der Waals surface area contributed by atoms with Gasteiger partial charge in [0, 0.05) is 47.6 Å². The molecule has 1 aromatic carbocycles. The Kier molecular flexibility index (Phi) is 4.03. The van der Waals surface area contributed by atoms with E-state index in [9.17, 15) is 13.2 Å². The Balaban J connectivity index is 1.41. The highest BCUT2D eigenvalue weighted by Gasteiger charge is 2.21. The van der Waals surface area contributed by atoms with E-state index in [0.717, 1.165) is 22.4 Å². The van der Waals surface area contributed by atoms with Crippen LogP contribution in [0.4, 0.5) is 19.1 Å². The summed E-state index contributed by atoms with van der Waals surface area (Å²) in [6.07, 6.45) is 5.57. The molecule has 0 amide bonds. The van der Waals surface area contributed by atoms with Crippen LogP contribution >= 0.6 is 0 Å². The molecule has 4 aromatic heterocycles. The molecule has 6 rings (SSSR count). The molecule has 0 atom stereocenters. The van der Waals surface area contributed by atoms with Crippen LogP contribution in [0, 0.1) is 17.6 Å². The molecule has 0 saturated carbocycles. The van der Waals surface area contributed by atoms with Crippen molar-refractivity contribution in [3.05, 3.63) is 71.8 Å². The Bertz CT molecular complexity index is 1510. The van der Waals surface area contributed by atoms with Gasteiger partial charge in [0.25, 0.3) is 0 Å². The van der Waals surface area contributed by atoms with E-state index in [2.05, 4.69) is 25.5 Å². The molecule has 0 spiro atoms. The quantitative estimate of drug-likeness (QED) is 0.464. The van der Waals surface area contributed by atoms with E-state index in [4.69, 9.17) is 4.74 Å². The fourth-order valence-electron chi connectivity index (χ4n) is 4.04. The number of rotatable bonds is 4. The van der Waals surface area contributed by atoms with Crippen LogP contribution in [-0.4, -0.2) is 35.6 Å². The number of nitrogens with zero attached hydrogens (tertiary/aromatic N) is 6. The molecule has 0 unspecified atom stereocenters. The summed E-state index contributed by atoms with van der Waals surface area (Å²) < 4.78 is 50.7. The highest BCUT2D eigenvalue weighted by atomic mass is 19.1. The number of nitrogens with one attached hydrogen (secondary N) is 1. The molecule has 1 N–H and O–H groups in total. The third kappa shape index (κ3) is 2.77. The zero-order valence-corrected chi connectivity index (χ0v) is 16.4. The van der Waals surface area contributed by atoms with E-state index in [1.165, 1.54) is 24.7 Å². The fraction of sp³-hybridized carbons (Fsp3) is 0.143. The minimum absolute atomic E-state index is 0.174. The van der Waals surface area contributed by atoms with E-state index in [0.29, 0.717) is 47.1 Å². The van der Waals surface area contributed by atoms with Gasteiger partial charge in [-0.3, -0.25) is 8.80 Å². The maximum absolute atomic E-state index is 14.5. The standard InChI is InChI=1S/C21H14F3N7O/c22-11-5-13(19-25-8-18(24)30(19)9-11)15-7-27-21(31-10-28-29-20(15)31)26-6-14-12-3-4-32-17(12)2-1-16(14)23/h1-2,5,7-10H,3-4,6H2,(H,26,27). The topological polar surface area (TPSA) is 81.6 Å². The number of ether oxygens (including phenoxy) is 1. The van der Waals surface area contributed by atoms with Gasteiger partial charge in [0.2, 0.25) is 11.9 Å². The monoisotopic (exact) mass is 437 g/mol. The number of halogens is 3. The van der Waals surface area contributed by atoms with Crippen molar-refractivity contribution in [2.24, 2.45) is 0 Å². The van der Waals surface area contributed by atoms with Crippen molar-refractivity contribution in [1.82, 2.24) is 29.0 Å². The summed E-state index contributed by atoms with van der Waals surface area (Å²) in [5.41, 5.74) is 2.65. The summed E-state index contributed by atoms with van der Waals surface area (Å²) in [5, 5.41) is 11.2. The van der Waals surface area contributed by atoms with Gasteiger partial charge in [0.1, 0.15) is 29.4 Å². The second kappa shape index (κ2) is 6.94. The molecule has 0 saturated heterocycles. The molecule has 1 aliphatic rings. The first-order chi connectivity index (χ1) is 15.6. The van der Waals surface area contributed by atoms with Gasteiger partial charge >= 0.3 is 0 Å². The molecule has 8 nitrogen and oxygen atoms in total. The van der Waals surface area contributed by atoms with Gasteiger partial charge in [0.15, 0.2) is 5.65 Å². The molecule has 1 aliphatic heterocycles. The minimum atomic E-state index is -0.689. The number of aromatic nitrogens is 6. The molecular formula is C21H14F3N7O. The largest absolute Gasteiger partial charge is 0.493 e. The lowest BCUT2D eigenvalue weighted by molar-refractivity contribution is 0.356. The summed E-state index contributed by atoms with van der Waals surface area (Å²) in [6.45, 7) is 0.693. The Labute approximate surface area is 178 Å². The first-order valence-electron chi connectivity index (χ1n) is 9.78. The van der Waals surface area contributed by atoms with Gasteiger partial charge in [-0.25, -0.2) is 18.7 Å². The third-order valence-corrected chi connectivity index (χ3v) is 5.51. The highest BCUT2D eigenvalue weighted by molar-refractivity contribution is 5.86. The van der Waals surface area contributed by atoms with Crippen LogP contribution in [0.1, 0.15) is 11.1 Å². The van der Waals surface area contributed by atoms with Crippen LogP contribution in [0.3, 0.4) is 0 Å². The van der Waals surface area contributed by atoms with Gasteiger partial charge < -0.3 is 10.1 Å². The lowest BCUT2D eigenvalue weighted by Gasteiger charge is -2.13. The van der Waals surface area contributed by atoms with Crippen LogP contribution < -0.4 is 10.1 Å². The summed E-state index contributed by atoms with van der Waals surface area (Å²) in [5.74, 6) is -0.609. The number of hydrogen-bond acceptors (Lipinski definition) is 6. The number of pyridine rings is 1. The van der Waals surface area contributed by atoms with Crippen molar-refractivity contribution in [3.63, 3.8) is 0 Å². The van der Waals surface area contributed by atoms with Crippen molar-refractivity contribution in [1.29, 1.82) is 0 Å². The maximum atomic E-state index is 14.5. The van der Waals surface area contributed by atoms with Gasteiger partial charge in [-0.05, 0) is 18.2 Å². The first-order valence-corrected chi connectivity index (χ1v) is 9.78. The van der Waals surface area contributed by atoms with Gasteiger partial charge in [-0.2, -0.15) is 4.39 Å². The molecule has 11 heteroatoms. The fourth-order valence-corrected chi connectivity index (χ4v) is 4.04. The Morgan fingerprint density at radius 1 is 1.03 bits per heavy atom. The van der Waals surface area contributed by atoms with Crippen molar-refractivity contribution in [3.8, 4) is 16.9 Å². The summed E-state index contributed by atoms with van der Waals surface area (Å²) in [4.78, 5) is 8.44. The van der Waals surface area contributed by atoms with Crippen LogP contribution in [0.5, 0.6) is 5.75 Å². The van der Waals surface area contributed by atoms with Crippen molar-refractivity contribution >= 4 is 17.2 Å². The smallest absolute Gasteiger partial charge is 0.218 e. The van der Waals surface area contributed by atoms with E-state index < -0.39 is 11.8 Å². The molecule has 160 valence electrons. The average molecular weight is 437 g/mol. The average Bonchev–Trinajstić information content (AvgIpc) is 3.53. The lowest BCUT2D eigenvalue weighted by Crippen LogP contribution is -2.10. The maximum Gasteiger partial charge on any atom is 0.218 e. The number of fused-ring (bicyclic) bond motifs is 3. The molecular weight excluding hydrogens is 423 g/mol. The number of imidazole rings is 1. The van der Waals surface area contributed by atoms with Crippen LogP contribution in [0.2, 0.25) is 0 Å². The molecule has 0 fully saturated rings. The van der Waals surface area contributed by atoms with E-state index >= 15 is 0 Å². The minimum Gasteiger partial charge on any atom is -0.493 e. The summed E-state index contributed by atoms with van der Waals surface area (Å²) >= 11 is 0. The van der Waals surface area contributed by atoms with Crippen molar-refractivity contribution < 1.29 is 17.9 Å². The molecule has 5 heterocycles. The van der Waals surface area contributed by atoms with Crippen LogP contribution in [0.15, 0.2) is 43.1 Å². The number of benzene rings is 1. The van der Waals surface area contributed by atoms with Gasteiger partial charge in [-0.1, -0.05) is 0 Å². The van der Waals surface area contributed by atoms with Crippen molar-refractivity contribution in [2.75, 3.05) is 11.9 Å². The molecule has 0 bridgehead atoms. The summed E-state index contributed by atoms with van der Waals surface area (Å²) in [6, 6.07) is 4.25. The zero-order valence-electron chi connectivity index (χ0n) is 16.4. The molecule has 32 heavy (non-hydrogen) atoms. The second-order valence-corrected chi connectivity index (χ2v) is 7.32. The molecule has 0 radical (unpaired) electrons. The predicted octanol–water partition coefficient (Wildman–Crippen LogP) is 3.40. The Morgan fingerprint density at radius 2 is 1.94 bits per heavy atom. The molecule has 5 aromatic rings. The SMILES string of the molecule is Fc1cc(-c2cnc(NCc3c(F)ccc4c3CCO4)n3cnnc23)c2ncc(F)n2c1. The summed E-state index contributed by atoms with van der Waals surface area (Å²) in [7, 11) is 0. The van der Waals surface area contributed by atoms with Crippen LogP contribution in [-0.2, 0) is 13.0 Å². The Morgan fingerprint density at radius 3 is 2.84 bits per heavy atom. The Hall–Kier alpha value is -4.15. The van der Waals surface area contributed by atoms with E-state index in [-0.39, 0.29) is 18.0 Å². The van der Waals surface area contributed by atoms with Gasteiger partial charge in [0.05, 0.1) is 12.8 Å². The van der Waals surface area contributed by atoms with Crippen LogP contribution in [0.25, 0.3) is 22.4 Å². The van der Waals surface area contributed by atoms with E-state index in [1.807, 2.05) is 0 Å². The normalized spacial score (nSPS) is 13.0. The predicted molar refractivity (Wildman–Crippen MR) is 108 cm³/mol. The number of anilines is 1.